The van der Waals surface area contributed by atoms with E-state index in [1.165, 1.54) is 0 Å². The Balaban J connectivity index is 2.61. The van der Waals surface area contributed by atoms with Crippen molar-refractivity contribution in [2.75, 3.05) is 6.61 Å². The van der Waals surface area contributed by atoms with Crippen LogP contribution in [0.2, 0.25) is 0 Å². The first-order chi connectivity index (χ1) is 11.7. The number of hydrogen-bond acceptors (Lipinski definition) is 6. The zero-order valence-electron chi connectivity index (χ0n) is 14.6. The Kier molecular flexibility index (Phi) is 5.41. The topological polar surface area (TPSA) is 82.8 Å². The number of carbonyl (C=O) groups is 2. The molecule has 2 rings (SSSR count). The van der Waals surface area contributed by atoms with Gasteiger partial charge in [-0.25, -0.2) is 9.59 Å². The van der Waals surface area contributed by atoms with Crippen LogP contribution in [0.4, 0.5) is 0 Å². The first-order valence-electron chi connectivity index (χ1n) is 7.87. The molecule has 6 nitrogen and oxygen atoms in total. The number of esters is 2. The molecule has 0 radical (unpaired) electrons. The van der Waals surface area contributed by atoms with Crippen LogP contribution in [0, 0.1) is 0 Å². The highest BCUT2D eigenvalue weighted by Gasteiger charge is 2.29. The van der Waals surface area contributed by atoms with Crippen LogP contribution in [-0.4, -0.2) is 24.1 Å². The summed E-state index contributed by atoms with van der Waals surface area (Å²) in [5.74, 6) is -2.11. The molecule has 0 bridgehead atoms. The summed E-state index contributed by atoms with van der Waals surface area (Å²) >= 11 is 0. The summed E-state index contributed by atoms with van der Waals surface area (Å²) in [5, 5.41) is 0. The Morgan fingerprint density at radius 1 is 1.08 bits per heavy atom. The molecule has 0 aliphatic carbocycles. The van der Waals surface area contributed by atoms with Crippen molar-refractivity contribution in [3.63, 3.8) is 0 Å². The second-order valence-corrected chi connectivity index (χ2v) is 6.27. The maximum Gasteiger partial charge on any atom is 0.375 e. The van der Waals surface area contributed by atoms with Crippen molar-refractivity contribution in [1.82, 2.24) is 0 Å². The minimum Gasteiger partial charge on any atom is -0.460 e. The van der Waals surface area contributed by atoms with Gasteiger partial charge in [-0.15, -0.1) is 0 Å². The van der Waals surface area contributed by atoms with Crippen LogP contribution in [0.15, 0.2) is 45.6 Å². The fraction of sp³-hybridized carbons (Fsp3) is 0.316. The summed E-state index contributed by atoms with van der Waals surface area (Å²) in [4.78, 5) is 37.1. The van der Waals surface area contributed by atoms with Crippen LogP contribution in [0.25, 0.3) is 11.3 Å². The van der Waals surface area contributed by atoms with Crippen molar-refractivity contribution in [1.29, 1.82) is 0 Å². The van der Waals surface area contributed by atoms with Crippen molar-refractivity contribution in [2.24, 2.45) is 0 Å². The third kappa shape index (κ3) is 4.56. The first kappa shape index (κ1) is 18.4. The third-order valence-corrected chi connectivity index (χ3v) is 3.07. The standard InChI is InChI=1S/C19H20O6/c1-5-23-18(22)16-15(17(21)25-19(2,3)4)13(20)11-14(24-16)12-9-7-6-8-10-12/h6-11H,5H2,1-4H3. The molecule has 0 aliphatic heterocycles. The summed E-state index contributed by atoms with van der Waals surface area (Å²) < 4.78 is 15.7. The van der Waals surface area contributed by atoms with Gasteiger partial charge in [0.25, 0.3) is 0 Å². The molecule has 0 unspecified atom stereocenters. The van der Waals surface area contributed by atoms with Crippen molar-refractivity contribution in [2.45, 2.75) is 33.3 Å². The molecule has 0 spiro atoms. The maximum absolute atomic E-state index is 12.5. The van der Waals surface area contributed by atoms with Gasteiger partial charge in [-0.2, -0.15) is 0 Å². The smallest absolute Gasteiger partial charge is 0.375 e. The monoisotopic (exact) mass is 344 g/mol. The van der Waals surface area contributed by atoms with E-state index in [4.69, 9.17) is 13.9 Å². The predicted octanol–water partition coefficient (Wildman–Crippen LogP) is 3.44. The van der Waals surface area contributed by atoms with E-state index < -0.39 is 34.3 Å². The highest BCUT2D eigenvalue weighted by atomic mass is 16.6. The lowest BCUT2D eigenvalue weighted by molar-refractivity contribution is 0.00578. The van der Waals surface area contributed by atoms with Gasteiger partial charge in [-0.3, -0.25) is 4.79 Å². The van der Waals surface area contributed by atoms with Gasteiger partial charge in [0.05, 0.1) is 6.61 Å². The van der Waals surface area contributed by atoms with Crippen molar-refractivity contribution in [3.8, 4) is 11.3 Å². The quantitative estimate of drug-likeness (QED) is 0.790. The van der Waals surface area contributed by atoms with Gasteiger partial charge in [0.15, 0.2) is 5.56 Å². The number of benzene rings is 1. The molecular weight excluding hydrogens is 324 g/mol. The third-order valence-electron chi connectivity index (χ3n) is 3.07. The van der Waals surface area contributed by atoms with Crippen LogP contribution in [0.5, 0.6) is 0 Å². The minimum atomic E-state index is -0.927. The highest BCUT2D eigenvalue weighted by Crippen LogP contribution is 2.22. The fourth-order valence-corrected chi connectivity index (χ4v) is 2.10. The lowest BCUT2D eigenvalue weighted by Crippen LogP contribution is -2.29. The van der Waals surface area contributed by atoms with Crippen molar-refractivity contribution < 1.29 is 23.5 Å². The summed E-state index contributed by atoms with van der Waals surface area (Å²) in [7, 11) is 0. The Bertz CT molecular complexity index is 827. The summed E-state index contributed by atoms with van der Waals surface area (Å²) in [6.07, 6.45) is 0. The molecule has 132 valence electrons. The van der Waals surface area contributed by atoms with E-state index in [9.17, 15) is 14.4 Å². The molecule has 0 N–H and O–H groups in total. The van der Waals surface area contributed by atoms with E-state index in [1.54, 1.807) is 52.0 Å². The molecule has 0 amide bonds. The van der Waals surface area contributed by atoms with E-state index in [0.29, 0.717) is 5.56 Å². The van der Waals surface area contributed by atoms with Gasteiger partial charge in [-0.05, 0) is 27.7 Å². The molecule has 1 heterocycles. The number of hydrogen-bond donors (Lipinski definition) is 0. The summed E-state index contributed by atoms with van der Waals surface area (Å²) in [6.45, 7) is 6.68. The zero-order chi connectivity index (χ0) is 18.6. The van der Waals surface area contributed by atoms with Crippen LogP contribution >= 0.6 is 0 Å². The van der Waals surface area contributed by atoms with Gasteiger partial charge in [0.1, 0.15) is 11.4 Å². The highest BCUT2D eigenvalue weighted by molar-refractivity contribution is 6.01. The minimum absolute atomic E-state index is 0.0753. The number of ether oxygens (including phenoxy) is 2. The average Bonchev–Trinajstić information content (AvgIpc) is 2.53. The maximum atomic E-state index is 12.5. The molecule has 25 heavy (non-hydrogen) atoms. The lowest BCUT2D eigenvalue weighted by atomic mass is 10.1. The molecule has 0 atom stereocenters. The molecular formula is C19H20O6. The van der Waals surface area contributed by atoms with Crippen LogP contribution in [-0.2, 0) is 9.47 Å². The largest absolute Gasteiger partial charge is 0.460 e. The molecule has 2 aromatic rings. The van der Waals surface area contributed by atoms with Gasteiger partial charge in [0.2, 0.25) is 11.2 Å². The molecule has 0 saturated carbocycles. The summed E-state index contributed by atoms with van der Waals surface area (Å²) in [5.41, 5.74) is -1.36. The second-order valence-electron chi connectivity index (χ2n) is 6.27. The Morgan fingerprint density at radius 2 is 1.72 bits per heavy atom. The van der Waals surface area contributed by atoms with E-state index in [1.807, 2.05) is 6.07 Å². The Morgan fingerprint density at radius 3 is 2.28 bits per heavy atom. The fourth-order valence-electron chi connectivity index (χ4n) is 2.10. The molecule has 6 heteroatoms. The lowest BCUT2D eigenvalue weighted by Gasteiger charge is -2.19. The molecule has 0 saturated heterocycles. The van der Waals surface area contributed by atoms with Gasteiger partial charge in [0, 0.05) is 11.6 Å². The normalized spacial score (nSPS) is 11.0. The first-order valence-corrected chi connectivity index (χ1v) is 7.87. The predicted molar refractivity (Wildman–Crippen MR) is 91.5 cm³/mol. The van der Waals surface area contributed by atoms with Crippen LogP contribution in [0.3, 0.4) is 0 Å². The van der Waals surface area contributed by atoms with Crippen molar-refractivity contribution in [3.05, 3.63) is 57.9 Å². The zero-order valence-corrected chi connectivity index (χ0v) is 14.6. The molecule has 1 aromatic carbocycles. The SMILES string of the molecule is CCOC(=O)c1oc(-c2ccccc2)cc(=O)c1C(=O)OC(C)(C)C. The Labute approximate surface area is 145 Å². The number of carbonyl (C=O) groups excluding carboxylic acids is 2. The van der Waals surface area contributed by atoms with Crippen LogP contribution in [0.1, 0.15) is 48.6 Å². The molecule has 1 aromatic heterocycles. The van der Waals surface area contributed by atoms with E-state index in [2.05, 4.69) is 0 Å². The number of rotatable bonds is 4. The van der Waals surface area contributed by atoms with Gasteiger partial charge < -0.3 is 13.9 Å². The van der Waals surface area contributed by atoms with Crippen LogP contribution < -0.4 is 5.43 Å². The van der Waals surface area contributed by atoms with E-state index >= 15 is 0 Å². The van der Waals surface area contributed by atoms with E-state index in [-0.39, 0.29) is 12.4 Å². The van der Waals surface area contributed by atoms with Gasteiger partial charge in [-0.1, -0.05) is 30.3 Å². The van der Waals surface area contributed by atoms with Gasteiger partial charge >= 0.3 is 11.9 Å². The summed E-state index contributed by atoms with van der Waals surface area (Å²) in [6, 6.07) is 9.95. The average molecular weight is 344 g/mol. The van der Waals surface area contributed by atoms with E-state index in [0.717, 1.165) is 6.07 Å². The second kappa shape index (κ2) is 7.34. The molecule has 0 fully saturated rings. The van der Waals surface area contributed by atoms with Crippen molar-refractivity contribution >= 4 is 11.9 Å². The Hall–Kier alpha value is -2.89. The molecule has 0 aliphatic rings.